The molecule has 0 fully saturated rings. The number of nitrogens with zero attached hydrogens (tertiary/aromatic N) is 2. The average molecular weight is 219 g/mol. The van der Waals surface area contributed by atoms with Crippen LogP contribution in [0.5, 0.6) is 5.75 Å². The van der Waals surface area contributed by atoms with Crippen molar-refractivity contribution in [1.82, 2.24) is 14.8 Å². The van der Waals surface area contributed by atoms with Gasteiger partial charge in [-0.15, -0.1) is 0 Å². The van der Waals surface area contributed by atoms with Crippen molar-refractivity contribution < 1.29 is 4.74 Å². The molecule has 0 aliphatic rings. The maximum Gasteiger partial charge on any atom is 0.347 e. The predicted octanol–water partition coefficient (Wildman–Crippen LogP) is 1.35. The van der Waals surface area contributed by atoms with Crippen LogP contribution in [0.2, 0.25) is 0 Å². The van der Waals surface area contributed by atoms with Gasteiger partial charge in [-0.3, -0.25) is 0 Å². The van der Waals surface area contributed by atoms with E-state index in [-0.39, 0.29) is 11.8 Å². The van der Waals surface area contributed by atoms with Gasteiger partial charge in [-0.2, -0.15) is 5.10 Å². The van der Waals surface area contributed by atoms with Gasteiger partial charge in [-0.1, -0.05) is 0 Å². The Hall–Kier alpha value is -2.04. The fraction of sp³-hybridized carbons (Fsp3) is 0.273. The van der Waals surface area contributed by atoms with E-state index in [2.05, 4.69) is 10.2 Å². The van der Waals surface area contributed by atoms with Crippen molar-refractivity contribution in [3.63, 3.8) is 0 Å². The molecule has 0 spiro atoms. The molecule has 0 atom stereocenters. The van der Waals surface area contributed by atoms with Crippen LogP contribution in [0.1, 0.15) is 13.8 Å². The maximum absolute atomic E-state index is 11.3. The third-order valence-electron chi connectivity index (χ3n) is 2.04. The monoisotopic (exact) mass is 219 g/mol. The molecule has 16 heavy (non-hydrogen) atoms. The molecule has 0 saturated carbocycles. The van der Waals surface area contributed by atoms with Crippen LogP contribution in [0.4, 0.5) is 0 Å². The molecular weight excluding hydrogens is 206 g/mol. The fourth-order valence-electron chi connectivity index (χ4n) is 1.39. The summed E-state index contributed by atoms with van der Waals surface area (Å²) in [5.41, 5.74) is 0.507. The van der Waals surface area contributed by atoms with Gasteiger partial charge in [0.2, 0.25) is 0 Å². The van der Waals surface area contributed by atoms with Gasteiger partial charge in [-0.25, -0.2) is 14.5 Å². The van der Waals surface area contributed by atoms with Crippen molar-refractivity contribution >= 4 is 0 Å². The summed E-state index contributed by atoms with van der Waals surface area (Å²) in [5.74, 6) is 0.787. The number of aromatic amines is 1. The highest BCUT2D eigenvalue weighted by molar-refractivity contribution is 5.36. The Balaban J connectivity index is 2.26. The molecule has 0 radical (unpaired) electrons. The van der Waals surface area contributed by atoms with Gasteiger partial charge in [0.15, 0.2) is 0 Å². The predicted molar refractivity (Wildman–Crippen MR) is 59.9 cm³/mol. The van der Waals surface area contributed by atoms with Crippen LogP contribution in [-0.2, 0) is 0 Å². The number of rotatable bonds is 3. The number of ether oxygens (including phenoxy) is 1. The second-order valence-electron chi connectivity index (χ2n) is 3.69. The third-order valence-corrected chi connectivity index (χ3v) is 2.04. The lowest BCUT2D eigenvalue weighted by Crippen LogP contribution is -2.14. The van der Waals surface area contributed by atoms with E-state index in [4.69, 9.17) is 4.74 Å². The van der Waals surface area contributed by atoms with Gasteiger partial charge in [0.25, 0.3) is 0 Å². The molecule has 1 aromatic carbocycles. The molecule has 1 aromatic heterocycles. The molecule has 0 bridgehead atoms. The summed E-state index contributed by atoms with van der Waals surface area (Å²) in [7, 11) is 0. The van der Waals surface area contributed by atoms with E-state index in [0.29, 0.717) is 0 Å². The normalized spacial score (nSPS) is 10.7. The van der Waals surface area contributed by atoms with E-state index < -0.39 is 0 Å². The largest absolute Gasteiger partial charge is 0.491 e. The summed E-state index contributed by atoms with van der Waals surface area (Å²) >= 11 is 0. The lowest BCUT2D eigenvalue weighted by Gasteiger charge is -2.09. The highest BCUT2D eigenvalue weighted by Gasteiger charge is 2.02. The Bertz CT molecular complexity index is 511. The van der Waals surface area contributed by atoms with Gasteiger partial charge in [0.1, 0.15) is 12.1 Å². The number of benzene rings is 1. The number of hydrogen-bond donors (Lipinski definition) is 1. The van der Waals surface area contributed by atoms with Gasteiger partial charge >= 0.3 is 5.69 Å². The molecule has 84 valence electrons. The first-order chi connectivity index (χ1) is 7.66. The SMILES string of the molecule is CC(C)Oc1ccc(-n2cn[nH]c2=O)cc1. The standard InChI is InChI=1S/C11H13N3O2/c1-8(2)16-10-5-3-9(4-6-10)14-7-12-13-11(14)15/h3-8H,1-2H3,(H,13,15). The molecule has 0 aliphatic heterocycles. The zero-order valence-electron chi connectivity index (χ0n) is 9.18. The minimum Gasteiger partial charge on any atom is -0.491 e. The van der Waals surface area contributed by atoms with Crippen LogP contribution >= 0.6 is 0 Å². The van der Waals surface area contributed by atoms with Crippen molar-refractivity contribution in [2.75, 3.05) is 0 Å². The van der Waals surface area contributed by atoms with Crippen LogP contribution in [0.25, 0.3) is 5.69 Å². The zero-order chi connectivity index (χ0) is 11.5. The van der Waals surface area contributed by atoms with Crippen molar-refractivity contribution in [3.8, 4) is 11.4 Å². The second-order valence-corrected chi connectivity index (χ2v) is 3.69. The van der Waals surface area contributed by atoms with Crippen LogP contribution in [-0.4, -0.2) is 20.9 Å². The maximum atomic E-state index is 11.3. The molecule has 1 N–H and O–H groups in total. The minimum atomic E-state index is -0.252. The fourth-order valence-corrected chi connectivity index (χ4v) is 1.39. The van der Waals surface area contributed by atoms with Crippen LogP contribution in [0.15, 0.2) is 35.4 Å². The van der Waals surface area contributed by atoms with E-state index in [1.165, 1.54) is 10.9 Å². The first kappa shape index (κ1) is 10.5. The highest BCUT2D eigenvalue weighted by atomic mass is 16.5. The molecule has 2 aromatic rings. The molecule has 0 saturated heterocycles. The Kier molecular flexibility index (Phi) is 2.76. The molecule has 5 nitrogen and oxygen atoms in total. The van der Waals surface area contributed by atoms with Crippen LogP contribution < -0.4 is 10.4 Å². The zero-order valence-corrected chi connectivity index (χ0v) is 9.18. The number of nitrogens with one attached hydrogen (secondary N) is 1. The van der Waals surface area contributed by atoms with Crippen molar-refractivity contribution in [3.05, 3.63) is 41.1 Å². The van der Waals surface area contributed by atoms with E-state index in [9.17, 15) is 4.79 Å². The Morgan fingerprint density at radius 1 is 1.31 bits per heavy atom. The summed E-state index contributed by atoms with van der Waals surface area (Å²) in [4.78, 5) is 11.3. The number of hydrogen-bond acceptors (Lipinski definition) is 3. The minimum absolute atomic E-state index is 0.141. The molecular formula is C11H13N3O2. The van der Waals surface area contributed by atoms with Crippen molar-refractivity contribution in [1.29, 1.82) is 0 Å². The first-order valence-corrected chi connectivity index (χ1v) is 5.06. The van der Waals surface area contributed by atoms with Gasteiger partial charge in [-0.05, 0) is 38.1 Å². The Morgan fingerprint density at radius 3 is 2.50 bits per heavy atom. The topological polar surface area (TPSA) is 59.9 Å². The van der Waals surface area contributed by atoms with Crippen molar-refractivity contribution in [2.45, 2.75) is 20.0 Å². The quantitative estimate of drug-likeness (QED) is 0.847. The smallest absolute Gasteiger partial charge is 0.347 e. The summed E-state index contributed by atoms with van der Waals surface area (Å²) in [5, 5.41) is 6.00. The van der Waals surface area contributed by atoms with E-state index in [1.807, 2.05) is 38.1 Å². The first-order valence-electron chi connectivity index (χ1n) is 5.06. The molecule has 2 rings (SSSR count). The lowest BCUT2D eigenvalue weighted by atomic mass is 10.3. The van der Waals surface area contributed by atoms with Gasteiger partial charge < -0.3 is 4.74 Å². The van der Waals surface area contributed by atoms with E-state index in [1.54, 1.807) is 0 Å². The number of H-pyrrole nitrogens is 1. The molecule has 1 heterocycles. The number of aromatic nitrogens is 3. The second kappa shape index (κ2) is 4.22. The van der Waals surface area contributed by atoms with Crippen LogP contribution in [0.3, 0.4) is 0 Å². The van der Waals surface area contributed by atoms with E-state index in [0.717, 1.165) is 11.4 Å². The Labute approximate surface area is 92.7 Å². The summed E-state index contributed by atoms with van der Waals surface area (Å²) in [6.07, 6.45) is 1.59. The molecule has 0 unspecified atom stereocenters. The van der Waals surface area contributed by atoms with Crippen molar-refractivity contribution in [2.24, 2.45) is 0 Å². The average Bonchev–Trinajstić information content (AvgIpc) is 2.65. The van der Waals surface area contributed by atoms with E-state index >= 15 is 0 Å². The summed E-state index contributed by atoms with van der Waals surface area (Å²) in [6.45, 7) is 3.93. The summed E-state index contributed by atoms with van der Waals surface area (Å²) in [6, 6.07) is 7.28. The van der Waals surface area contributed by atoms with Gasteiger partial charge in [0, 0.05) is 0 Å². The highest BCUT2D eigenvalue weighted by Crippen LogP contribution is 2.15. The summed E-state index contributed by atoms with van der Waals surface area (Å²) < 4.78 is 6.94. The van der Waals surface area contributed by atoms with Crippen LogP contribution in [0, 0.1) is 0 Å². The van der Waals surface area contributed by atoms with Gasteiger partial charge in [0.05, 0.1) is 11.8 Å². The molecule has 0 amide bonds. The molecule has 0 aliphatic carbocycles. The Morgan fingerprint density at radius 2 is 2.00 bits per heavy atom. The molecule has 5 heteroatoms. The lowest BCUT2D eigenvalue weighted by molar-refractivity contribution is 0.242. The third kappa shape index (κ3) is 2.13.